The molecular formula is C15H15Cl2N. The maximum absolute atomic E-state index is 6.57. The predicted octanol–water partition coefficient (Wildman–Crippen LogP) is 5.12. The van der Waals surface area contributed by atoms with Crippen LogP contribution in [0, 0.1) is 6.92 Å². The molecule has 1 nitrogen and oxygen atoms in total. The van der Waals surface area contributed by atoms with Crippen LogP contribution in [0.3, 0.4) is 0 Å². The first-order valence-corrected chi connectivity index (χ1v) is 7.19. The number of rotatable bonds is 0. The van der Waals surface area contributed by atoms with E-state index in [2.05, 4.69) is 6.07 Å². The van der Waals surface area contributed by atoms with Gasteiger partial charge in [0.25, 0.3) is 0 Å². The number of aromatic nitrogens is 1. The van der Waals surface area contributed by atoms with Gasteiger partial charge < -0.3 is 0 Å². The monoisotopic (exact) mass is 279 g/mol. The standard InChI is InChI=1S/C15H15Cl2N/c1-9-7-11-14(8-12(9)16)18-13-6-4-2-3-5-10(13)15(11)17/h7-8H,2-6H2,1H3. The van der Waals surface area contributed by atoms with Crippen molar-refractivity contribution in [1.82, 2.24) is 4.98 Å². The maximum atomic E-state index is 6.57. The number of benzene rings is 1. The van der Waals surface area contributed by atoms with Crippen LogP contribution in [0.5, 0.6) is 0 Å². The van der Waals surface area contributed by atoms with E-state index in [0.717, 1.165) is 39.4 Å². The number of fused-ring (bicyclic) bond motifs is 2. The Labute approximate surface area is 117 Å². The second kappa shape index (κ2) is 4.71. The van der Waals surface area contributed by atoms with Crippen LogP contribution in [0.4, 0.5) is 0 Å². The van der Waals surface area contributed by atoms with Crippen LogP contribution in [-0.4, -0.2) is 4.98 Å². The molecule has 0 unspecified atom stereocenters. The molecular weight excluding hydrogens is 265 g/mol. The van der Waals surface area contributed by atoms with Crippen LogP contribution in [0.1, 0.15) is 36.1 Å². The van der Waals surface area contributed by atoms with Gasteiger partial charge >= 0.3 is 0 Å². The minimum atomic E-state index is 0.764. The highest BCUT2D eigenvalue weighted by Gasteiger charge is 2.16. The average Bonchev–Trinajstić information content (AvgIpc) is 2.58. The van der Waals surface area contributed by atoms with Gasteiger partial charge in [0.1, 0.15) is 0 Å². The van der Waals surface area contributed by atoms with Crippen molar-refractivity contribution < 1.29 is 0 Å². The van der Waals surface area contributed by atoms with E-state index in [1.54, 1.807) is 0 Å². The van der Waals surface area contributed by atoms with Crippen LogP contribution in [0.2, 0.25) is 10.0 Å². The molecule has 0 radical (unpaired) electrons. The third-order valence-corrected chi connectivity index (χ3v) is 4.56. The zero-order valence-electron chi connectivity index (χ0n) is 10.4. The van der Waals surface area contributed by atoms with Crippen LogP contribution >= 0.6 is 23.2 Å². The van der Waals surface area contributed by atoms with Gasteiger partial charge in [-0.05, 0) is 55.9 Å². The molecule has 0 spiro atoms. The van der Waals surface area contributed by atoms with Crippen molar-refractivity contribution in [3.05, 3.63) is 39.0 Å². The maximum Gasteiger partial charge on any atom is 0.0735 e. The topological polar surface area (TPSA) is 12.9 Å². The lowest BCUT2D eigenvalue weighted by atomic mass is 10.0. The van der Waals surface area contributed by atoms with Crippen LogP contribution in [-0.2, 0) is 12.8 Å². The van der Waals surface area contributed by atoms with Gasteiger partial charge in [0.05, 0.1) is 10.5 Å². The van der Waals surface area contributed by atoms with E-state index in [1.807, 2.05) is 13.0 Å². The van der Waals surface area contributed by atoms with Gasteiger partial charge in [-0.2, -0.15) is 0 Å². The first-order valence-electron chi connectivity index (χ1n) is 6.44. The summed E-state index contributed by atoms with van der Waals surface area (Å²) in [5.41, 5.74) is 4.41. The molecule has 1 aliphatic rings. The molecule has 0 bridgehead atoms. The van der Waals surface area contributed by atoms with Gasteiger partial charge in [0, 0.05) is 16.1 Å². The first kappa shape index (κ1) is 12.3. The van der Waals surface area contributed by atoms with Crippen molar-refractivity contribution in [3.8, 4) is 0 Å². The summed E-state index contributed by atoms with van der Waals surface area (Å²) >= 11 is 12.7. The summed E-state index contributed by atoms with van der Waals surface area (Å²) in [5.74, 6) is 0. The number of hydrogen-bond acceptors (Lipinski definition) is 1. The predicted molar refractivity (Wildman–Crippen MR) is 77.8 cm³/mol. The van der Waals surface area contributed by atoms with Gasteiger partial charge in [-0.3, -0.25) is 4.98 Å². The van der Waals surface area contributed by atoms with E-state index in [9.17, 15) is 0 Å². The molecule has 0 saturated heterocycles. The Morgan fingerprint density at radius 2 is 1.83 bits per heavy atom. The molecule has 0 aliphatic heterocycles. The summed E-state index contributed by atoms with van der Waals surface area (Å²) in [6.07, 6.45) is 5.78. The molecule has 0 amide bonds. The lowest BCUT2D eigenvalue weighted by molar-refractivity contribution is 0.709. The molecule has 3 heteroatoms. The summed E-state index contributed by atoms with van der Waals surface area (Å²) in [6, 6.07) is 3.99. The molecule has 0 saturated carbocycles. The number of halogens is 2. The van der Waals surface area contributed by atoms with E-state index < -0.39 is 0 Å². The second-order valence-electron chi connectivity index (χ2n) is 5.03. The Bertz CT molecular complexity index is 620. The van der Waals surface area contributed by atoms with Crippen molar-refractivity contribution in [1.29, 1.82) is 0 Å². The zero-order valence-corrected chi connectivity index (χ0v) is 11.9. The molecule has 0 fully saturated rings. The van der Waals surface area contributed by atoms with Gasteiger partial charge in [-0.1, -0.05) is 29.6 Å². The first-order chi connectivity index (χ1) is 8.66. The second-order valence-corrected chi connectivity index (χ2v) is 5.82. The van der Waals surface area contributed by atoms with Crippen LogP contribution in [0.25, 0.3) is 10.9 Å². The highest BCUT2D eigenvalue weighted by atomic mass is 35.5. The normalized spacial score (nSPS) is 15.5. The quantitative estimate of drug-likeness (QED) is 0.610. The van der Waals surface area contributed by atoms with Crippen molar-refractivity contribution in [2.45, 2.75) is 39.0 Å². The summed E-state index contributed by atoms with van der Waals surface area (Å²) in [6.45, 7) is 2.00. The Morgan fingerprint density at radius 3 is 2.67 bits per heavy atom. The molecule has 1 aliphatic carbocycles. The molecule has 0 atom stereocenters. The average molecular weight is 280 g/mol. The summed E-state index contributed by atoms with van der Waals surface area (Å²) < 4.78 is 0. The van der Waals surface area contributed by atoms with Gasteiger partial charge in [0.15, 0.2) is 0 Å². The van der Waals surface area contributed by atoms with Gasteiger partial charge in [0.2, 0.25) is 0 Å². The lowest BCUT2D eigenvalue weighted by Crippen LogP contribution is -1.98. The summed E-state index contributed by atoms with van der Waals surface area (Å²) in [7, 11) is 0. The van der Waals surface area contributed by atoms with Crippen molar-refractivity contribution in [2.75, 3.05) is 0 Å². The smallest absolute Gasteiger partial charge is 0.0735 e. The van der Waals surface area contributed by atoms with Crippen LogP contribution in [0.15, 0.2) is 12.1 Å². The highest BCUT2D eigenvalue weighted by Crippen LogP contribution is 2.34. The Kier molecular flexibility index (Phi) is 3.21. The van der Waals surface area contributed by atoms with E-state index in [1.165, 1.54) is 30.5 Å². The SMILES string of the molecule is Cc1cc2c(Cl)c3c(nc2cc1Cl)CCCCC3. The Hall–Kier alpha value is -0.790. The van der Waals surface area contributed by atoms with Crippen LogP contribution < -0.4 is 0 Å². The summed E-state index contributed by atoms with van der Waals surface area (Å²) in [5, 5.41) is 2.69. The minimum Gasteiger partial charge on any atom is -0.252 e. The Balaban J connectivity index is 2.31. The third-order valence-electron chi connectivity index (χ3n) is 3.72. The zero-order chi connectivity index (χ0) is 12.7. The van der Waals surface area contributed by atoms with Crippen molar-refractivity contribution in [3.63, 3.8) is 0 Å². The molecule has 18 heavy (non-hydrogen) atoms. The third kappa shape index (κ3) is 2.00. The molecule has 1 heterocycles. The molecule has 0 N–H and O–H groups in total. The van der Waals surface area contributed by atoms with E-state index >= 15 is 0 Å². The van der Waals surface area contributed by atoms with E-state index in [4.69, 9.17) is 28.2 Å². The fourth-order valence-electron chi connectivity index (χ4n) is 2.67. The molecule has 94 valence electrons. The van der Waals surface area contributed by atoms with Crippen molar-refractivity contribution >= 4 is 34.1 Å². The molecule has 1 aromatic carbocycles. The van der Waals surface area contributed by atoms with Gasteiger partial charge in [-0.25, -0.2) is 0 Å². The fourth-order valence-corrected chi connectivity index (χ4v) is 3.19. The van der Waals surface area contributed by atoms with Crippen molar-refractivity contribution in [2.24, 2.45) is 0 Å². The molecule has 3 rings (SSSR count). The number of hydrogen-bond donors (Lipinski definition) is 0. The molecule has 1 aromatic heterocycles. The number of pyridine rings is 1. The number of nitrogens with zero attached hydrogens (tertiary/aromatic N) is 1. The minimum absolute atomic E-state index is 0.764. The fraction of sp³-hybridized carbons (Fsp3) is 0.400. The lowest BCUT2D eigenvalue weighted by Gasteiger charge is -2.12. The van der Waals surface area contributed by atoms with E-state index in [-0.39, 0.29) is 0 Å². The largest absolute Gasteiger partial charge is 0.252 e. The Morgan fingerprint density at radius 1 is 1.06 bits per heavy atom. The summed E-state index contributed by atoms with van der Waals surface area (Å²) in [4.78, 5) is 4.77. The molecule has 2 aromatic rings. The number of aryl methyl sites for hydroxylation is 2. The van der Waals surface area contributed by atoms with Gasteiger partial charge in [-0.15, -0.1) is 0 Å². The van der Waals surface area contributed by atoms with E-state index in [0.29, 0.717) is 0 Å². The highest BCUT2D eigenvalue weighted by molar-refractivity contribution is 6.37.